The molecule has 0 spiro atoms. The van der Waals surface area contributed by atoms with E-state index in [0.717, 1.165) is 47.9 Å². The molecule has 1 saturated carbocycles. The van der Waals surface area contributed by atoms with Crippen molar-refractivity contribution in [3.05, 3.63) is 148 Å². The second-order valence-corrected chi connectivity index (χ2v) is 16.4. The van der Waals surface area contributed by atoms with Crippen LogP contribution in [-0.4, -0.2) is 77.5 Å². The Morgan fingerprint density at radius 2 is 1.67 bits per heavy atom. The minimum Gasteiger partial charge on any atom is -0.497 e. The zero-order chi connectivity index (χ0) is 44.3. The summed E-state index contributed by atoms with van der Waals surface area (Å²) in [6, 6.07) is 28.2. The minimum absolute atomic E-state index is 0.00515. The number of aliphatic hydroxyl groups excluding tert-OH is 2. The van der Waals surface area contributed by atoms with Gasteiger partial charge in [-0.2, -0.15) is 0 Å². The first-order chi connectivity index (χ1) is 30.7. The Morgan fingerprint density at radius 3 is 2.41 bits per heavy atom. The van der Waals surface area contributed by atoms with E-state index in [0.29, 0.717) is 41.6 Å². The third kappa shape index (κ3) is 10.1. The lowest BCUT2D eigenvalue weighted by molar-refractivity contribution is -0.384. The number of carbonyl (C=O) groups excluding carboxylic acids is 1. The van der Waals surface area contributed by atoms with Crippen molar-refractivity contribution >= 4 is 17.3 Å². The van der Waals surface area contributed by atoms with Crippen LogP contribution < -0.4 is 14.2 Å². The fourth-order valence-electron chi connectivity index (χ4n) is 9.60. The van der Waals surface area contributed by atoms with Crippen LogP contribution in [0.2, 0.25) is 0 Å². The van der Waals surface area contributed by atoms with Crippen molar-refractivity contribution in [2.75, 3.05) is 34.0 Å². The average Bonchev–Trinajstić information content (AvgIpc) is 3.30. The molecule has 13 heteroatoms. The maximum absolute atomic E-state index is 14.6. The van der Waals surface area contributed by atoms with Crippen LogP contribution in [0.3, 0.4) is 0 Å². The number of benzene rings is 4. The van der Waals surface area contributed by atoms with Crippen LogP contribution in [-0.2, 0) is 27.4 Å². The van der Waals surface area contributed by atoms with E-state index in [2.05, 4.69) is 12.7 Å². The maximum atomic E-state index is 14.6. The number of ether oxygens (including phenoxy) is 4. The van der Waals surface area contributed by atoms with Gasteiger partial charge in [0.25, 0.3) is 5.69 Å². The molecule has 1 aliphatic heterocycles. The van der Waals surface area contributed by atoms with Crippen molar-refractivity contribution in [1.29, 1.82) is 0 Å². The number of allylic oxidation sites excluding steroid dienone is 1. The molecular formula is C50H57N3O10. The molecule has 0 unspecified atom stereocenters. The molecule has 2 aliphatic carbocycles. The van der Waals surface area contributed by atoms with E-state index in [4.69, 9.17) is 28.9 Å². The topological polar surface area (TPSA) is 162 Å². The van der Waals surface area contributed by atoms with E-state index in [-0.39, 0.29) is 68.6 Å². The van der Waals surface area contributed by atoms with Gasteiger partial charge < -0.3 is 38.9 Å². The molecule has 0 bridgehead atoms. The van der Waals surface area contributed by atoms with E-state index in [1.54, 1.807) is 43.3 Å². The van der Waals surface area contributed by atoms with E-state index in [1.165, 1.54) is 12.1 Å². The zero-order valence-corrected chi connectivity index (χ0v) is 36.0. The molecule has 0 radical (unpaired) electrons. The van der Waals surface area contributed by atoms with Gasteiger partial charge in [0.15, 0.2) is 0 Å². The number of nitro benzene ring substituents is 1. The lowest BCUT2D eigenvalue weighted by Gasteiger charge is -2.59. The average molecular weight is 860 g/mol. The fraction of sp³-hybridized carbons (Fsp3) is 0.400. The van der Waals surface area contributed by atoms with Crippen LogP contribution in [0.4, 0.5) is 5.69 Å². The van der Waals surface area contributed by atoms with Crippen LogP contribution in [0.15, 0.2) is 127 Å². The summed E-state index contributed by atoms with van der Waals surface area (Å²) in [5, 5.41) is 36.4. The predicted molar refractivity (Wildman–Crippen MR) is 239 cm³/mol. The van der Waals surface area contributed by atoms with Gasteiger partial charge in [-0.3, -0.25) is 14.9 Å². The van der Waals surface area contributed by atoms with Gasteiger partial charge in [0.1, 0.15) is 35.6 Å². The summed E-state index contributed by atoms with van der Waals surface area (Å²) in [6.45, 7) is 4.51. The highest BCUT2D eigenvalue weighted by Gasteiger charge is 2.65. The van der Waals surface area contributed by atoms with Crippen molar-refractivity contribution in [2.45, 2.75) is 75.7 Å². The molecular weight excluding hydrogens is 803 g/mol. The molecule has 6 atom stereocenters. The van der Waals surface area contributed by atoms with Gasteiger partial charge in [-0.15, -0.1) is 6.58 Å². The van der Waals surface area contributed by atoms with Gasteiger partial charge in [-0.1, -0.05) is 78.7 Å². The molecule has 332 valence electrons. The number of hydrogen-bond donors (Lipinski definition) is 2. The highest BCUT2D eigenvalue weighted by Crippen LogP contribution is 2.62. The standard InChI is InChI=1S/C50H57N3O10/c1-4-26-60-50-46(52(2)47(56)28-35-16-12-19-38(27-35)59-3)32-44(51-61-33-34-14-6-5-7-15-34)42-29-36(17-8-10-24-54)41(21-9-11-25-55)48(49(42)50)43-31-40(22-23-45(43)63-50)62-39-20-13-18-37(30-39)53(57)58/h4-7,12-16,18-20,22-23,27,29-31,36,41,46,48-49,54-55H,1,8-11,17,21,24-26,28,32-33H2,2-3H3/t36-,41+,46-,48+,49+,50+/m0/s1. The predicted octanol–water partition coefficient (Wildman–Crippen LogP) is 8.93. The Hall–Kier alpha value is -6.02. The number of likely N-dealkylation sites (N-methyl/N-ethyl adjacent to an activating group) is 1. The SMILES string of the molecule is C=CCO[C@@]12Oc3ccc(Oc4cccc([N+](=O)[O-])c4)cc3[C@H]3[C@H](CCCCO)[C@@H](CCCCO)C=C(C(=NOCc4ccccc4)C[C@@H]1N(C)C(=O)Cc1cccc(OC)c1)[C@H]32. The molecule has 2 N–H and O–H groups in total. The molecule has 4 aromatic carbocycles. The molecule has 3 aliphatic rings. The summed E-state index contributed by atoms with van der Waals surface area (Å²) in [7, 11) is 3.38. The normalized spacial score (nSPS) is 22.8. The Labute approximate surface area is 368 Å². The molecule has 1 heterocycles. The Kier molecular flexibility index (Phi) is 14.9. The third-order valence-electron chi connectivity index (χ3n) is 12.5. The molecule has 1 amide bonds. The van der Waals surface area contributed by atoms with Crippen molar-refractivity contribution in [3.63, 3.8) is 0 Å². The summed E-state index contributed by atoms with van der Waals surface area (Å²) in [5.41, 5.74) is 4.11. The highest BCUT2D eigenvalue weighted by molar-refractivity contribution is 6.03. The summed E-state index contributed by atoms with van der Waals surface area (Å²) in [5.74, 6) is -0.365. The quantitative estimate of drug-likeness (QED) is 0.0358. The van der Waals surface area contributed by atoms with Crippen molar-refractivity contribution in [2.24, 2.45) is 22.9 Å². The number of rotatable bonds is 21. The summed E-state index contributed by atoms with van der Waals surface area (Å²) in [6.07, 6.45) is 8.69. The first-order valence-electron chi connectivity index (χ1n) is 21.7. The Balaban J connectivity index is 1.40. The second kappa shape index (κ2) is 20.9. The number of carbonyl (C=O) groups is 1. The fourth-order valence-corrected chi connectivity index (χ4v) is 9.60. The number of nitrogens with zero attached hydrogens (tertiary/aromatic N) is 3. The molecule has 0 saturated heterocycles. The number of hydrogen-bond acceptors (Lipinski definition) is 11. The number of unbranched alkanes of at least 4 members (excludes halogenated alkanes) is 2. The number of aliphatic hydroxyl groups is 2. The van der Waals surface area contributed by atoms with Gasteiger partial charge in [-0.25, -0.2) is 0 Å². The monoisotopic (exact) mass is 859 g/mol. The molecule has 4 aromatic rings. The summed E-state index contributed by atoms with van der Waals surface area (Å²) >= 11 is 0. The second-order valence-electron chi connectivity index (χ2n) is 16.4. The number of fused-ring (bicyclic) bond motifs is 2. The number of methoxy groups -OCH3 is 1. The number of amides is 1. The van der Waals surface area contributed by atoms with Crippen LogP contribution in [0.25, 0.3) is 0 Å². The Bertz CT molecular complexity index is 2280. The molecule has 7 rings (SSSR count). The van der Waals surface area contributed by atoms with Gasteiger partial charge in [0, 0.05) is 44.2 Å². The van der Waals surface area contributed by atoms with Gasteiger partial charge in [-0.05, 0) is 90.6 Å². The lowest BCUT2D eigenvalue weighted by atomic mass is 9.55. The van der Waals surface area contributed by atoms with E-state index >= 15 is 0 Å². The molecule has 13 nitrogen and oxygen atoms in total. The molecule has 0 aromatic heterocycles. The van der Waals surface area contributed by atoms with Crippen LogP contribution in [0, 0.1) is 27.9 Å². The lowest BCUT2D eigenvalue weighted by Crippen LogP contribution is -2.69. The highest BCUT2D eigenvalue weighted by atomic mass is 16.7. The van der Waals surface area contributed by atoms with Gasteiger partial charge in [0.2, 0.25) is 11.7 Å². The van der Waals surface area contributed by atoms with Crippen molar-refractivity contribution in [1.82, 2.24) is 4.90 Å². The summed E-state index contributed by atoms with van der Waals surface area (Å²) in [4.78, 5) is 33.7. The van der Waals surface area contributed by atoms with Crippen molar-refractivity contribution < 1.29 is 43.7 Å². The van der Waals surface area contributed by atoms with E-state index in [1.807, 2.05) is 66.7 Å². The summed E-state index contributed by atoms with van der Waals surface area (Å²) < 4.78 is 26.1. The smallest absolute Gasteiger partial charge is 0.273 e. The van der Waals surface area contributed by atoms with Crippen LogP contribution in [0.1, 0.15) is 67.6 Å². The first kappa shape index (κ1) is 45.0. The van der Waals surface area contributed by atoms with E-state index < -0.39 is 22.7 Å². The zero-order valence-electron chi connectivity index (χ0n) is 36.0. The number of non-ortho nitro benzene ring substituents is 1. The Morgan fingerprint density at radius 1 is 0.937 bits per heavy atom. The largest absolute Gasteiger partial charge is 0.497 e. The third-order valence-corrected chi connectivity index (χ3v) is 12.5. The minimum atomic E-state index is -1.43. The van der Waals surface area contributed by atoms with Crippen LogP contribution >= 0.6 is 0 Å². The maximum Gasteiger partial charge on any atom is 0.273 e. The number of oxime groups is 1. The molecule has 63 heavy (non-hydrogen) atoms. The van der Waals surface area contributed by atoms with Gasteiger partial charge >= 0.3 is 0 Å². The number of nitro groups is 1. The molecule has 1 fully saturated rings. The first-order valence-corrected chi connectivity index (χ1v) is 21.7. The van der Waals surface area contributed by atoms with Crippen molar-refractivity contribution in [3.8, 4) is 23.0 Å². The van der Waals surface area contributed by atoms with Crippen LogP contribution in [0.5, 0.6) is 23.0 Å². The van der Waals surface area contributed by atoms with Gasteiger partial charge in [0.05, 0.1) is 42.8 Å². The van der Waals surface area contributed by atoms with E-state index in [9.17, 15) is 25.1 Å².